The van der Waals surface area contributed by atoms with Gasteiger partial charge in [-0.3, -0.25) is 9.59 Å². The highest BCUT2D eigenvalue weighted by atomic mass is 32.2. The van der Waals surface area contributed by atoms with Crippen molar-refractivity contribution in [3.8, 4) is 0 Å². The summed E-state index contributed by atoms with van der Waals surface area (Å²) in [7, 11) is 0. The van der Waals surface area contributed by atoms with E-state index < -0.39 is 0 Å². The number of benzene rings is 3. The fraction of sp³-hybridized carbons (Fsp3) is 0.241. The fourth-order valence-electron chi connectivity index (χ4n) is 4.42. The zero-order chi connectivity index (χ0) is 24.9. The van der Waals surface area contributed by atoms with Crippen molar-refractivity contribution < 1.29 is 9.59 Å². The molecule has 0 spiro atoms. The van der Waals surface area contributed by atoms with Gasteiger partial charge in [-0.25, -0.2) is 0 Å². The summed E-state index contributed by atoms with van der Waals surface area (Å²) < 4.78 is 2.14. The summed E-state index contributed by atoms with van der Waals surface area (Å²) in [5.74, 6) is 0.241. The average molecular weight is 486 g/mol. The molecule has 0 aliphatic carbocycles. The highest BCUT2D eigenvalue weighted by molar-refractivity contribution is 8.00. The van der Waals surface area contributed by atoms with Crippen LogP contribution in [-0.4, -0.2) is 28.7 Å². The predicted octanol–water partition coefficient (Wildman–Crippen LogP) is 6.04. The van der Waals surface area contributed by atoms with Crippen LogP contribution in [0.2, 0.25) is 0 Å². The second-order valence-electron chi connectivity index (χ2n) is 8.89. The lowest BCUT2D eigenvalue weighted by molar-refractivity contribution is -0.113. The smallest absolute Gasteiger partial charge is 0.251 e. The Morgan fingerprint density at radius 3 is 2.31 bits per heavy atom. The number of hydrogen-bond acceptors (Lipinski definition) is 3. The highest BCUT2D eigenvalue weighted by Gasteiger charge is 2.13. The number of hydrogen-bond donors (Lipinski definition) is 2. The maximum atomic E-state index is 12.7. The van der Waals surface area contributed by atoms with Gasteiger partial charge in [0.2, 0.25) is 5.91 Å². The van der Waals surface area contributed by atoms with E-state index in [0.29, 0.717) is 24.4 Å². The van der Waals surface area contributed by atoms with Crippen LogP contribution in [0.25, 0.3) is 10.9 Å². The summed E-state index contributed by atoms with van der Waals surface area (Å²) in [5, 5.41) is 7.22. The topological polar surface area (TPSA) is 63.1 Å². The molecule has 6 heteroatoms. The number of anilines is 1. The first kappa shape index (κ1) is 24.6. The molecule has 0 unspecified atom stereocenters. The molecule has 0 atom stereocenters. The van der Waals surface area contributed by atoms with Crippen molar-refractivity contribution in [2.75, 3.05) is 17.6 Å². The lowest BCUT2D eigenvalue weighted by Gasteiger charge is -2.12. The summed E-state index contributed by atoms with van der Waals surface area (Å²) in [6, 6.07) is 19.9. The number of fused-ring (bicyclic) bond motifs is 1. The Labute approximate surface area is 210 Å². The van der Waals surface area contributed by atoms with Crippen LogP contribution in [0.5, 0.6) is 0 Å². The zero-order valence-electron chi connectivity index (χ0n) is 20.6. The second kappa shape index (κ2) is 10.8. The van der Waals surface area contributed by atoms with Crippen LogP contribution in [0.15, 0.2) is 71.8 Å². The predicted molar refractivity (Wildman–Crippen MR) is 145 cm³/mol. The van der Waals surface area contributed by atoms with Gasteiger partial charge in [0.25, 0.3) is 5.91 Å². The summed E-state index contributed by atoms with van der Waals surface area (Å²) in [6.45, 7) is 9.21. The number of para-hydroxylation sites is 1. The molecule has 0 aliphatic rings. The van der Waals surface area contributed by atoms with E-state index in [1.165, 1.54) is 17.3 Å². The van der Waals surface area contributed by atoms with Crippen LogP contribution in [-0.2, 0) is 11.3 Å². The molecular weight excluding hydrogens is 454 g/mol. The molecule has 5 nitrogen and oxygen atoms in total. The quantitative estimate of drug-likeness (QED) is 0.299. The zero-order valence-corrected chi connectivity index (χ0v) is 21.5. The molecule has 0 aliphatic heterocycles. The van der Waals surface area contributed by atoms with Gasteiger partial charge in [0.05, 0.1) is 5.75 Å². The Balaban J connectivity index is 1.41. The summed E-state index contributed by atoms with van der Waals surface area (Å²) >= 11 is 1.53. The Kier molecular flexibility index (Phi) is 7.61. The van der Waals surface area contributed by atoms with Gasteiger partial charge in [-0.15, -0.1) is 11.8 Å². The Morgan fingerprint density at radius 1 is 0.886 bits per heavy atom. The maximum absolute atomic E-state index is 12.7. The van der Waals surface area contributed by atoms with Crippen molar-refractivity contribution in [1.82, 2.24) is 9.88 Å². The molecule has 1 heterocycles. The number of amides is 2. The fourth-order valence-corrected chi connectivity index (χ4v) is 5.31. The SMILES string of the molecule is Cc1cc(C)c(NC(=O)CSc2cn(CCNC(=O)c3ccccc3C)c3ccccc23)c(C)c1. The van der Waals surface area contributed by atoms with Gasteiger partial charge in [-0.1, -0.05) is 54.1 Å². The monoisotopic (exact) mass is 485 g/mol. The number of nitrogens with one attached hydrogen (secondary N) is 2. The number of carbonyl (C=O) groups excluding carboxylic acids is 2. The van der Waals surface area contributed by atoms with Gasteiger partial charge in [0.1, 0.15) is 0 Å². The first-order chi connectivity index (χ1) is 16.8. The van der Waals surface area contributed by atoms with Gasteiger partial charge < -0.3 is 15.2 Å². The minimum absolute atomic E-state index is 0.0209. The van der Waals surface area contributed by atoms with Gasteiger partial charge >= 0.3 is 0 Å². The highest BCUT2D eigenvalue weighted by Crippen LogP contribution is 2.30. The third kappa shape index (κ3) is 5.77. The molecule has 2 N–H and O–H groups in total. The third-order valence-electron chi connectivity index (χ3n) is 6.08. The van der Waals surface area contributed by atoms with Crippen LogP contribution < -0.4 is 10.6 Å². The second-order valence-corrected chi connectivity index (χ2v) is 9.90. The molecule has 180 valence electrons. The van der Waals surface area contributed by atoms with E-state index in [1.807, 2.05) is 57.2 Å². The number of thioether (sulfide) groups is 1. The van der Waals surface area contributed by atoms with Crippen molar-refractivity contribution in [2.24, 2.45) is 0 Å². The molecule has 0 saturated carbocycles. The third-order valence-corrected chi connectivity index (χ3v) is 7.12. The standard InChI is InChI=1S/C29H31N3O2S/c1-19-15-21(3)28(22(4)16-19)31-27(33)18-35-26-17-32(25-12-8-7-11-24(25)26)14-13-30-29(34)23-10-6-5-9-20(23)2/h5-12,15-17H,13-14,18H2,1-4H3,(H,30,34)(H,31,33). The molecule has 3 aromatic carbocycles. The van der Waals surface area contributed by atoms with Crippen LogP contribution in [0.1, 0.15) is 32.6 Å². The van der Waals surface area contributed by atoms with Gasteiger partial charge in [-0.05, 0) is 56.5 Å². The largest absolute Gasteiger partial charge is 0.350 e. The van der Waals surface area contributed by atoms with Gasteiger partial charge in [-0.2, -0.15) is 0 Å². The molecule has 2 amide bonds. The number of aryl methyl sites for hydroxylation is 4. The van der Waals surface area contributed by atoms with E-state index in [2.05, 4.69) is 52.6 Å². The minimum Gasteiger partial charge on any atom is -0.350 e. The van der Waals surface area contributed by atoms with E-state index in [0.717, 1.165) is 38.2 Å². The van der Waals surface area contributed by atoms with Crippen molar-refractivity contribution in [2.45, 2.75) is 39.1 Å². The maximum Gasteiger partial charge on any atom is 0.251 e. The Hall–Kier alpha value is -3.51. The molecule has 4 aromatic rings. The van der Waals surface area contributed by atoms with Crippen LogP contribution in [0.4, 0.5) is 5.69 Å². The number of rotatable bonds is 8. The van der Waals surface area contributed by atoms with Crippen LogP contribution in [0, 0.1) is 27.7 Å². The molecule has 0 bridgehead atoms. The lowest BCUT2D eigenvalue weighted by atomic mass is 10.1. The molecule has 0 saturated heterocycles. The van der Waals surface area contributed by atoms with Crippen LogP contribution in [0.3, 0.4) is 0 Å². The number of nitrogens with zero attached hydrogens (tertiary/aromatic N) is 1. The van der Waals surface area contributed by atoms with Crippen molar-refractivity contribution >= 4 is 40.2 Å². The first-order valence-electron chi connectivity index (χ1n) is 11.8. The van der Waals surface area contributed by atoms with E-state index in [1.54, 1.807) is 0 Å². The van der Waals surface area contributed by atoms with Crippen molar-refractivity contribution in [3.05, 3.63) is 94.7 Å². The van der Waals surface area contributed by atoms with Gasteiger partial charge in [0, 0.05) is 46.3 Å². The van der Waals surface area contributed by atoms with Gasteiger partial charge in [0.15, 0.2) is 0 Å². The van der Waals surface area contributed by atoms with Crippen molar-refractivity contribution in [1.29, 1.82) is 0 Å². The Morgan fingerprint density at radius 2 is 1.57 bits per heavy atom. The summed E-state index contributed by atoms with van der Waals surface area (Å²) in [4.78, 5) is 26.3. The minimum atomic E-state index is -0.0625. The Bertz CT molecular complexity index is 1370. The lowest BCUT2D eigenvalue weighted by Crippen LogP contribution is -2.27. The van der Waals surface area contributed by atoms with E-state index in [4.69, 9.17) is 0 Å². The normalized spacial score (nSPS) is 11.0. The van der Waals surface area contributed by atoms with E-state index in [9.17, 15) is 9.59 Å². The molecule has 1 aromatic heterocycles. The molecule has 0 radical (unpaired) electrons. The van der Waals surface area contributed by atoms with Crippen molar-refractivity contribution in [3.63, 3.8) is 0 Å². The first-order valence-corrected chi connectivity index (χ1v) is 12.7. The molecule has 35 heavy (non-hydrogen) atoms. The number of aromatic nitrogens is 1. The van der Waals surface area contributed by atoms with E-state index >= 15 is 0 Å². The van der Waals surface area contributed by atoms with Crippen LogP contribution >= 0.6 is 11.8 Å². The molecular formula is C29H31N3O2S. The van der Waals surface area contributed by atoms with E-state index in [-0.39, 0.29) is 11.8 Å². The molecule has 0 fully saturated rings. The average Bonchev–Trinajstić information content (AvgIpc) is 3.18. The summed E-state index contributed by atoms with van der Waals surface area (Å²) in [6.07, 6.45) is 2.07. The summed E-state index contributed by atoms with van der Waals surface area (Å²) in [5.41, 5.74) is 6.99. The number of carbonyl (C=O) groups is 2. The molecule has 4 rings (SSSR count).